The van der Waals surface area contributed by atoms with Crippen molar-refractivity contribution >= 4 is 15.9 Å². The number of rotatable bonds is 8. The summed E-state index contributed by atoms with van der Waals surface area (Å²) in [6, 6.07) is 24.9. The molecule has 0 unspecified atom stereocenters. The minimum absolute atomic E-state index is 0.0909. The van der Waals surface area contributed by atoms with E-state index >= 15 is 0 Å². The van der Waals surface area contributed by atoms with Gasteiger partial charge in [-0.3, -0.25) is 14.6 Å². The molecule has 7 nitrogen and oxygen atoms in total. The molecule has 1 fully saturated rings. The summed E-state index contributed by atoms with van der Waals surface area (Å²) in [5, 5.41) is 3.07. The van der Waals surface area contributed by atoms with E-state index in [0.29, 0.717) is 44.8 Å². The van der Waals surface area contributed by atoms with Crippen LogP contribution in [0.4, 0.5) is 0 Å². The standard InChI is InChI=1S/C30H36N4O3S/c1-38(36,37)34-16-14-32(15-17-34)21-26-8-5-11-28(19-26)30(35)31-20-24-6-4-7-25(18-24)22-33-13-12-27-9-2-3-10-29(27)23-33/h2-11,18-19H,12-17,20-23H2,1H3,(H,31,35). The molecule has 0 bridgehead atoms. The molecule has 2 aliphatic heterocycles. The SMILES string of the molecule is CS(=O)(=O)N1CCN(Cc2cccc(C(=O)NCc3cccc(CN4CCc5ccccc5C4)c3)c2)CC1. The molecule has 1 amide bonds. The molecule has 2 aliphatic rings. The molecule has 1 saturated heterocycles. The van der Waals surface area contributed by atoms with Crippen molar-refractivity contribution in [1.29, 1.82) is 0 Å². The van der Waals surface area contributed by atoms with E-state index < -0.39 is 10.0 Å². The van der Waals surface area contributed by atoms with Crippen molar-refractivity contribution in [3.63, 3.8) is 0 Å². The summed E-state index contributed by atoms with van der Waals surface area (Å²) >= 11 is 0. The maximum atomic E-state index is 12.9. The highest BCUT2D eigenvalue weighted by molar-refractivity contribution is 7.88. The minimum Gasteiger partial charge on any atom is -0.348 e. The number of sulfonamides is 1. The van der Waals surface area contributed by atoms with E-state index in [0.717, 1.165) is 37.2 Å². The second-order valence-electron chi connectivity index (χ2n) is 10.4. The first-order chi connectivity index (χ1) is 18.3. The number of amides is 1. The summed E-state index contributed by atoms with van der Waals surface area (Å²) in [6.45, 7) is 6.48. The normalized spacial score (nSPS) is 17.2. The lowest BCUT2D eigenvalue weighted by molar-refractivity contribution is 0.0950. The number of hydrogen-bond acceptors (Lipinski definition) is 5. The van der Waals surface area contributed by atoms with Crippen molar-refractivity contribution < 1.29 is 13.2 Å². The van der Waals surface area contributed by atoms with Gasteiger partial charge in [0.05, 0.1) is 6.26 Å². The van der Waals surface area contributed by atoms with Crippen LogP contribution in [0.15, 0.2) is 72.8 Å². The van der Waals surface area contributed by atoms with E-state index in [1.54, 1.807) is 0 Å². The number of benzene rings is 3. The smallest absolute Gasteiger partial charge is 0.251 e. The Morgan fingerprint density at radius 1 is 0.763 bits per heavy atom. The zero-order chi connectivity index (χ0) is 26.5. The van der Waals surface area contributed by atoms with Crippen LogP contribution in [0, 0.1) is 0 Å². The number of hydrogen-bond donors (Lipinski definition) is 1. The predicted molar refractivity (Wildman–Crippen MR) is 150 cm³/mol. The lowest BCUT2D eigenvalue weighted by atomic mass is 9.99. The Bertz CT molecular complexity index is 1380. The van der Waals surface area contributed by atoms with Crippen molar-refractivity contribution in [2.75, 3.05) is 39.0 Å². The number of nitrogens with zero attached hydrogens (tertiary/aromatic N) is 3. The van der Waals surface area contributed by atoms with Gasteiger partial charge in [0, 0.05) is 64.5 Å². The van der Waals surface area contributed by atoms with Crippen LogP contribution in [0.5, 0.6) is 0 Å². The van der Waals surface area contributed by atoms with Crippen LogP contribution in [-0.4, -0.2) is 67.4 Å². The second kappa shape index (κ2) is 11.8. The maximum Gasteiger partial charge on any atom is 0.251 e. The Labute approximate surface area is 226 Å². The Morgan fingerprint density at radius 2 is 1.42 bits per heavy atom. The largest absolute Gasteiger partial charge is 0.348 e. The molecule has 200 valence electrons. The summed E-state index contributed by atoms with van der Waals surface area (Å²) < 4.78 is 25.0. The maximum absolute atomic E-state index is 12.9. The summed E-state index contributed by atoms with van der Waals surface area (Å²) in [7, 11) is -3.14. The predicted octanol–water partition coefficient (Wildman–Crippen LogP) is 3.25. The quantitative estimate of drug-likeness (QED) is 0.482. The first-order valence-electron chi connectivity index (χ1n) is 13.2. The van der Waals surface area contributed by atoms with E-state index in [1.165, 1.54) is 27.3 Å². The Morgan fingerprint density at radius 3 is 2.18 bits per heavy atom. The van der Waals surface area contributed by atoms with Crippen LogP contribution in [0.2, 0.25) is 0 Å². The Kier molecular flexibility index (Phi) is 8.24. The molecule has 3 aromatic carbocycles. The van der Waals surface area contributed by atoms with Gasteiger partial charge < -0.3 is 5.32 Å². The Balaban J connectivity index is 1.13. The highest BCUT2D eigenvalue weighted by Gasteiger charge is 2.23. The van der Waals surface area contributed by atoms with Gasteiger partial charge in [0.2, 0.25) is 10.0 Å². The minimum atomic E-state index is -3.14. The zero-order valence-corrected chi connectivity index (χ0v) is 22.8. The van der Waals surface area contributed by atoms with Gasteiger partial charge in [-0.1, -0.05) is 60.7 Å². The van der Waals surface area contributed by atoms with Crippen molar-refractivity contribution in [3.8, 4) is 0 Å². The van der Waals surface area contributed by atoms with Crippen LogP contribution in [0.3, 0.4) is 0 Å². The molecular weight excluding hydrogens is 496 g/mol. The Hall–Kier alpha value is -3.04. The van der Waals surface area contributed by atoms with Crippen LogP contribution in [-0.2, 0) is 42.6 Å². The van der Waals surface area contributed by atoms with Crippen molar-refractivity contribution in [3.05, 3.63) is 106 Å². The third kappa shape index (κ3) is 6.88. The molecule has 38 heavy (non-hydrogen) atoms. The summed E-state index contributed by atoms with van der Waals surface area (Å²) in [5.74, 6) is -0.0909. The van der Waals surface area contributed by atoms with E-state index in [2.05, 4.69) is 63.6 Å². The molecule has 0 radical (unpaired) electrons. The lowest BCUT2D eigenvalue weighted by Gasteiger charge is -2.33. The number of carbonyl (C=O) groups excluding carboxylic acids is 1. The molecule has 0 atom stereocenters. The highest BCUT2D eigenvalue weighted by atomic mass is 32.2. The zero-order valence-electron chi connectivity index (χ0n) is 22.0. The first kappa shape index (κ1) is 26.6. The van der Waals surface area contributed by atoms with Crippen molar-refractivity contribution in [2.45, 2.75) is 32.6 Å². The van der Waals surface area contributed by atoms with E-state index in [9.17, 15) is 13.2 Å². The van der Waals surface area contributed by atoms with Crippen molar-refractivity contribution in [1.82, 2.24) is 19.4 Å². The third-order valence-corrected chi connectivity index (χ3v) is 8.76. The van der Waals surface area contributed by atoms with Crippen LogP contribution in [0.1, 0.15) is 38.2 Å². The van der Waals surface area contributed by atoms with Gasteiger partial charge in [0.1, 0.15) is 0 Å². The average Bonchev–Trinajstić information content (AvgIpc) is 2.92. The molecule has 8 heteroatoms. The van der Waals surface area contributed by atoms with E-state index in [-0.39, 0.29) is 5.91 Å². The fraction of sp³-hybridized carbons (Fsp3) is 0.367. The molecule has 5 rings (SSSR count). The fourth-order valence-electron chi connectivity index (χ4n) is 5.36. The molecule has 1 N–H and O–H groups in total. The molecule has 0 saturated carbocycles. The van der Waals surface area contributed by atoms with Crippen LogP contribution in [0.25, 0.3) is 0 Å². The number of piperazine rings is 1. The van der Waals surface area contributed by atoms with Gasteiger partial charge in [-0.2, -0.15) is 4.31 Å². The monoisotopic (exact) mass is 532 g/mol. The fourth-order valence-corrected chi connectivity index (χ4v) is 6.18. The number of fused-ring (bicyclic) bond motifs is 1. The van der Waals surface area contributed by atoms with Gasteiger partial charge in [-0.25, -0.2) is 8.42 Å². The van der Waals surface area contributed by atoms with E-state index in [4.69, 9.17) is 0 Å². The molecule has 0 aliphatic carbocycles. The van der Waals surface area contributed by atoms with Gasteiger partial charge in [0.25, 0.3) is 5.91 Å². The first-order valence-corrected chi connectivity index (χ1v) is 15.1. The molecular formula is C30H36N4O3S. The van der Waals surface area contributed by atoms with E-state index in [1.807, 2.05) is 24.3 Å². The van der Waals surface area contributed by atoms with Crippen LogP contribution >= 0.6 is 0 Å². The van der Waals surface area contributed by atoms with Gasteiger partial charge in [-0.05, 0) is 46.4 Å². The number of nitrogens with one attached hydrogen (secondary N) is 1. The average molecular weight is 533 g/mol. The summed E-state index contributed by atoms with van der Waals surface area (Å²) in [5.41, 5.74) is 6.91. The summed E-state index contributed by atoms with van der Waals surface area (Å²) in [6.07, 6.45) is 2.34. The molecule has 0 spiro atoms. The van der Waals surface area contributed by atoms with Gasteiger partial charge in [-0.15, -0.1) is 0 Å². The van der Waals surface area contributed by atoms with Gasteiger partial charge >= 0.3 is 0 Å². The summed E-state index contributed by atoms with van der Waals surface area (Å²) in [4.78, 5) is 17.6. The van der Waals surface area contributed by atoms with Gasteiger partial charge in [0.15, 0.2) is 0 Å². The van der Waals surface area contributed by atoms with Crippen LogP contribution < -0.4 is 5.32 Å². The lowest BCUT2D eigenvalue weighted by Crippen LogP contribution is -2.47. The number of carbonyl (C=O) groups is 1. The van der Waals surface area contributed by atoms with Crippen molar-refractivity contribution in [2.24, 2.45) is 0 Å². The molecule has 0 aromatic heterocycles. The topological polar surface area (TPSA) is 73.0 Å². The highest BCUT2D eigenvalue weighted by Crippen LogP contribution is 2.20. The third-order valence-electron chi connectivity index (χ3n) is 7.46. The molecule has 3 aromatic rings. The second-order valence-corrected chi connectivity index (χ2v) is 12.4. The molecule has 2 heterocycles.